The van der Waals surface area contributed by atoms with Gasteiger partial charge in [-0.3, -0.25) is 9.59 Å². The number of hydrogen-bond acceptors (Lipinski definition) is 5. The highest BCUT2D eigenvalue weighted by atomic mass is 79.9. The monoisotopic (exact) mass is 355 g/mol. The molecule has 0 saturated carbocycles. The predicted molar refractivity (Wildman–Crippen MR) is 80.0 cm³/mol. The first-order chi connectivity index (χ1) is 9.52. The van der Waals surface area contributed by atoms with Crippen LogP contribution in [0.25, 0.3) is 0 Å². The zero-order valence-electron chi connectivity index (χ0n) is 10.1. The molecule has 0 bridgehead atoms. The largest absolute Gasteiger partial charge is 0.493 e. The fourth-order valence-electron chi connectivity index (χ4n) is 1.36. The van der Waals surface area contributed by atoms with Gasteiger partial charge < -0.3 is 15.4 Å². The Balaban J connectivity index is 1.92. The number of rotatable bonds is 4. The van der Waals surface area contributed by atoms with Crippen molar-refractivity contribution in [3.8, 4) is 5.88 Å². The van der Waals surface area contributed by atoms with E-state index in [9.17, 15) is 14.7 Å². The lowest BCUT2D eigenvalue weighted by atomic mass is 10.3. The van der Waals surface area contributed by atoms with Crippen LogP contribution in [0.4, 0.5) is 5.69 Å². The molecule has 1 amide bonds. The van der Waals surface area contributed by atoms with E-state index in [0.29, 0.717) is 5.69 Å². The number of halogens is 1. The van der Waals surface area contributed by atoms with Crippen LogP contribution in [0.5, 0.6) is 5.88 Å². The summed E-state index contributed by atoms with van der Waals surface area (Å²) in [6.07, 6.45) is 0. The summed E-state index contributed by atoms with van der Waals surface area (Å²) < 4.78 is 0.923. The minimum atomic E-state index is -0.465. The van der Waals surface area contributed by atoms with Crippen LogP contribution in [0.2, 0.25) is 0 Å². The lowest BCUT2D eigenvalue weighted by Crippen LogP contribution is -2.15. The Morgan fingerprint density at radius 3 is 2.75 bits per heavy atom. The predicted octanol–water partition coefficient (Wildman–Crippen LogP) is 1.97. The number of carbonyl (C=O) groups is 1. The molecular formula is C12H10BrN3O3S. The van der Waals surface area contributed by atoms with Gasteiger partial charge in [0.1, 0.15) is 0 Å². The summed E-state index contributed by atoms with van der Waals surface area (Å²) in [5.41, 5.74) is 0.212. The van der Waals surface area contributed by atoms with Crippen molar-refractivity contribution in [2.75, 3.05) is 11.1 Å². The van der Waals surface area contributed by atoms with Gasteiger partial charge in [-0.15, -0.1) is 0 Å². The summed E-state index contributed by atoms with van der Waals surface area (Å²) >= 11 is 4.34. The quantitative estimate of drug-likeness (QED) is 0.575. The molecule has 0 spiro atoms. The fraction of sp³-hybridized carbons (Fsp3) is 0.0833. The third kappa shape index (κ3) is 4.39. The summed E-state index contributed by atoms with van der Waals surface area (Å²) in [5, 5.41) is 12.1. The molecule has 20 heavy (non-hydrogen) atoms. The number of H-pyrrole nitrogens is 1. The van der Waals surface area contributed by atoms with E-state index in [1.807, 2.05) is 12.1 Å². The van der Waals surface area contributed by atoms with Crippen LogP contribution in [0.1, 0.15) is 0 Å². The molecule has 0 radical (unpaired) electrons. The van der Waals surface area contributed by atoms with Crippen LogP contribution in [0.3, 0.4) is 0 Å². The van der Waals surface area contributed by atoms with E-state index in [1.165, 1.54) is 0 Å². The maximum absolute atomic E-state index is 11.7. The van der Waals surface area contributed by atoms with Crippen molar-refractivity contribution in [3.05, 3.63) is 45.2 Å². The zero-order valence-corrected chi connectivity index (χ0v) is 12.5. The van der Waals surface area contributed by atoms with Crippen molar-refractivity contribution >= 4 is 39.3 Å². The molecular weight excluding hydrogens is 346 g/mol. The van der Waals surface area contributed by atoms with Gasteiger partial charge in [0.05, 0.1) is 11.8 Å². The molecule has 104 valence electrons. The van der Waals surface area contributed by atoms with Crippen LogP contribution in [-0.2, 0) is 4.79 Å². The molecule has 0 unspecified atom stereocenters. The second-order valence-electron chi connectivity index (χ2n) is 3.75. The normalized spacial score (nSPS) is 10.2. The van der Waals surface area contributed by atoms with E-state index in [-0.39, 0.29) is 22.7 Å². The lowest BCUT2D eigenvalue weighted by Gasteiger charge is -2.05. The molecule has 0 fully saturated rings. The summed E-state index contributed by atoms with van der Waals surface area (Å²) in [7, 11) is 0. The molecule has 1 heterocycles. The number of hydrogen-bond donors (Lipinski definition) is 3. The van der Waals surface area contributed by atoms with E-state index < -0.39 is 5.56 Å². The van der Waals surface area contributed by atoms with Gasteiger partial charge in [0, 0.05) is 10.2 Å². The van der Waals surface area contributed by atoms with E-state index >= 15 is 0 Å². The molecule has 2 aromatic rings. The molecule has 1 aromatic heterocycles. The van der Waals surface area contributed by atoms with E-state index in [2.05, 4.69) is 31.2 Å². The number of nitrogens with zero attached hydrogens (tertiary/aromatic N) is 1. The smallest absolute Gasteiger partial charge is 0.255 e. The van der Waals surface area contributed by atoms with E-state index in [0.717, 1.165) is 22.3 Å². The summed E-state index contributed by atoms with van der Waals surface area (Å²) in [6.45, 7) is 0. The van der Waals surface area contributed by atoms with Gasteiger partial charge in [-0.05, 0) is 24.3 Å². The Bertz CT molecular complexity index is 672. The lowest BCUT2D eigenvalue weighted by molar-refractivity contribution is -0.113. The fourth-order valence-corrected chi connectivity index (χ4v) is 2.29. The Labute approximate surface area is 126 Å². The van der Waals surface area contributed by atoms with Crippen molar-refractivity contribution in [2.45, 2.75) is 5.16 Å². The van der Waals surface area contributed by atoms with Gasteiger partial charge >= 0.3 is 0 Å². The van der Waals surface area contributed by atoms with Crippen LogP contribution in [-0.4, -0.2) is 26.7 Å². The summed E-state index contributed by atoms with van der Waals surface area (Å²) in [5.74, 6) is -0.532. The first kappa shape index (κ1) is 14.6. The molecule has 2 rings (SSSR count). The molecule has 0 aliphatic carbocycles. The van der Waals surface area contributed by atoms with Crippen molar-refractivity contribution in [1.29, 1.82) is 0 Å². The van der Waals surface area contributed by atoms with Gasteiger partial charge in [-0.2, -0.15) is 4.98 Å². The second kappa shape index (κ2) is 6.58. The number of aromatic nitrogens is 2. The average molecular weight is 356 g/mol. The second-order valence-corrected chi connectivity index (χ2v) is 5.63. The van der Waals surface area contributed by atoms with Gasteiger partial charge in [0.25, 0.3) is 5.56 Å². The number of benzene rings is 1. The minimum Gasteiger partial charge on any atom is -0.493 e. The SMILES string of the molecule is O=C(CSc1nc(O)cc(=O)[nH]1)Nc1ccc(Br)cc1. The maximum atomic E-state index is 11.7. The average Bonchev–Trinajstić information content (AvgIpc) is 2.38. The highest BCUT2D eigenvalue weighted by Crippen LogP contribution is 2.16. The highest BCUT2D eigenvalue weighted by molar-refractivity contribution is 9.10. The van der Waals surface area contributed by atoms with Crippen molar-refractivity contribution in [1.82, 2.24) is 9.97 Å². The highest BCUT2D eigenvalue weighted by Gasteiger charge is 2.06. The van der Waals surface area contributed by atoms with Crippen LogP contribution >= 0.6 is 27.7 Å². The Morgan fingerprint density at radius 2 is 2.10 bits per heavy atom. The van der Waals surface area contributed by atoms with E-state index in [4.69, 9.17) is 0 Å². The van der Waals surface area contributed by atoms with Crippen molar-refractivity contribution in [3.63, 3.8) is 0 Å². The standard InChI is InChI=1S/C12H10BrN3O3S/c13-7-1-3-8(4-2-7)14-11(19)6-20-12-15-9(17)5-10(18)16-12/h1-5H,6H2,(H,14,19)(H2,15,16,17,18). The number of anilines is 1. The molecule has 3 N–H and O–H groups in total. The summed E-state index contributed by atoms with van der Waals surface area (Å²) in [4.78, 5) is 28.9. The molecule has 1 aromatic carbocycles. The third-order valence-electron chi connectivity index (χ3n) is 2.17. The number of amides is 1. The minimum absolute atomic E-state index is 0.0719. The molecule has 6 nitrogen and oxygen atoms in total. The van der Waals surface area contributed by atoms with Crippen molar-refractivity contribution in [2.24, 2.45) is 0 Å². The third-order valence-corrected chi connectivity index (χ3v) is 3.58. The number of carbonyl (C=O) groups excluding carboxylic acids is 1. The molecule has 0 aliphatic rings. The van der Waals surface area contributed by atoms with Crippen LogP contribution in [0, 0.1) is 0 Å². The number of aromatic amines is 1. The van der Waals surface area contributed by atoms with Crippen LogP contribution in [0.15, 0.2) is 44.8 Å². The Hall–Kier alpha value is -1.80. The van der Waals surface area contributed by atoms with Gasteiger partial charge in [0.15, 0.2) is 5.16 Å². The topological polar surface area (TPSA) is 95.1 Å². The molecule has 0 atom stereocenters. The van der Waals surface area contributed by atoms with Gasteiger partial charge in [-0.1, -0.05) is 27.7 Å². The number of aromatic hydroxyl groups is 1. The summed E-state index contributed by atoms with van der Waals surface area (Å²) in [6, 6.07) is 8.13. The Morgan fingerprint density at radius 1 is 1.40 bits per heavy atom. The maximum Gasteiger partial charge on any atom is 0.255 e. The van der Waals surface area contributed by atoms with Gasteiger partial charge in [0.2, 0.25) is 11.8 Å². The van der Waals surface area contributed by atoms with Crippen molar-refractivity contribution < 1.29 is 9.90 Å². The first-order valence-corrected chi connectivity index (χ1v) is 7.29. The molecule has 0 saturated heterocycles. The van der Waals surface area contributed by atoms with Crippen LogP contribution < -0.4 is 10.9 Å². The number of nitrogens with one attached hydrogen (secondary N) is 2. The number of thioether (sulfide) groups is 1. The van der Waals surface area contributed by atoms with E-state index in [1.54, 1.807) is 12.1 Å². The molecule has 0 aliphatic heterocycles. The molecule has 8 heteroatoms. The van der Waals surface area contributed by atoms with Gasteiger partial charge in [-0.25, -0.2) is 0 Å². The zero-order chi connectivity index (χ0) is 14.5. The Kier molecular flexibility index (Phi) is 4.80. The first-order valence-electron chi connectivity index (χ1n) is 5.51.